The second kappa shape index (κ2) is 7.63. The number of benzene rings is 2. The summed E-state index contributed by atoms with van der Waals surface area (Å²) in [4.78, 5) is 12.0. The minimum absolute atomic E-state index is 0.108. The monoisotopic (exact) mass is 317 g/mol. The number of phenols is 1. The number of aryl methyl sites for hydroxylation is 1. The van der Waals surface area contributed by atoms with Crippen LogP contribution in [0.15, 0.2) is 42.5 Å². The normalized spacial score (nSPS) is 11.8. The summed E-state index contributed by atoms with van der Waals surface area (Å²) in [6.07, 6.45) is 0.823. The van der Waals surface area contributed by atoms with Gasteiger partial charge < -0.3 is 15.2 Å². The van der Waals surface area contributed by atoms with E-state index in [0.29, 0.717) is 24.2 Å². The van der Waals surface area contributed by atoms with Crippen LogP contribution in [-0.2, 0) is 11.2 Å². The third-order valence-corrected chi connectivity index (χ3v) is 3.63. The highest BCUT2D eigenvalue weighted by atomic mass is 19.1. The second-order valence-electron chi connectivity index (χ2n) is 5.34. The van der Waals surface area contributed by atoms with Gasteiger partial charge in [-0.3, -0.25) is 4.79 Å². The summed E-state index contributed by atoms with van der Waals surface area (Å²) in [5.41, 5.74) is 1.50. The lowest BCUT2D eigenvalue weighted by molar-refractivity contribution is -0.121. The van der Waals surface area contributed by atoms with Crippen LogP contribution in [0.1, 0.15) is 30.5 Å². The third kappa shape index (κ3) is 4.71. The van der Waals surface area contributed by atoms with Crippen molar-refractivity contribution >= 4 is 5.91 Å². The number of carbonyl (C=O) groups is 1. The topological polar surface area (TPSA) is 58.6 Å². The van der Waals surface area contributed by atoms with Gasteiger partial charge >= 0.3 is 0 Å². The smallest absolute Gasteiger partial charge is 0.220 e. The quantitative estimate of drug-likeness (QED) is 0.859. The van der Waals surface area contributed by atoms with Crippen molar-refractivity contribution in [2.24, 2.45) is 0 Å². The van der Waals surface area contributed by atoms with Crippen molar-refractivity contribution in [1.29, 1.82) is 0 Å². The highest BCUT2D eigenvalue weighted by molar-refractivity contribution is 5.76. The first-order chi connectivity index (χ1) is 11.0. The molecule has 0 radical (unpaired) electrons. The number of methoxy groups -OCH3 is 1. The summed E-state index contributed by atoms with van der Waals surface area (Å²) < 4.78 is 18.0. The Kier molecular flexibility index (Phi) is 5.57. The second-order valence-corrected chi connectivity index (χ2v) is 5.34. The lowest BCUT2D eigenvalue weighted by Crippen LogP contribution is -2.26. The predicted molar refractivity (Wildman–Crippen MR) is 85.9 cm³/mol. The average Bonchev–Trinajstić information content (AvgIpc) is 2.54. The molecule has 2 aromatic carbocycles. The van der Waals surface area contributed by atoms with Gasteiger partial charge in [0, 0.05) is 12.0 Å². The van der Waals surface area contributed by atoms with Crippen molar-refractivity contribution in [2.75, 3.05) is 7.11 Å². The van der Waals surface area contributed by atoms with E-state index in [2.05, 4.69) is 5.32 Å². The molecule has 0 aliphatic carbocycles. The van der Waals surface area contributed by atoms with Gasteiger partial charge in [-0.1, -0.05) is 12.1 Å². The van der Waals surface area contributed by atoms with Gasteiger partial charge in [0.2, 0.25) is 5.91 Å². The van der Waals surface area contributed by atoms with Gasteiger partial charge in [0.1, 0.15) is 17.3 Å². The van der Waals surface area contributed by atoms with Crippen LogP contribution in [0.3, 0.4) is 0 Å². The molecule has 5 heteroatoms. The predicted octanol–water partition coefficient (Wildman–Crippen LogP) is 3.35. The van der Waals surface area contributed by atoms with Crippen LogP contribution in [0.2, 0.25) is 0 Å². The Labute approximate surface area is 134 Å². The van der Waals surface area contributed by atoms with E-state index < -0.39 is 0 Å². The molecule has 2 N–H and O–H groups in total. The van der Waals surface area contributed by atoms with E-state index in [9.17, 15) is 14.3 Å². The molecule has 0 spiro atoms. The molecule has 0 saturated carbocycles. The Morgan fingerprint density at radius 1 is 1.26 bits per heavy atom. The number of aromatic hydroxyl groups is 1. The average molecular weight is 317 g/mol. The van der Waals surface area contributed by atoms with E-state index in [0.717, 1.165) is 5.56 Å². The number of rotatable bonds is 6. The maximum Gasteiger partial charge on any atom is 0.220 e. The van der Waals surface area contributed by atoms with Crippen molar-refractivity contribution in [3.63, 3.8) is 0 Å². The van der Waals surface area contributed by atoms with E-state index in [1.807, 2.05) is 0 Å². The van der Waals surface area contributed by atoms with Crippen LogP contribution in [0, 0.1) is 5.82 Å². The molecule has 0 aliphatic rings. The lowest BCUT2D eigenvalue weighted by Gasteiger charge is -2.16. The number of phenolic OH excluding ortho intramolecular Hbond substituents is 1. The number of ether oxygens (including phenoxy) is 1. The zero-order chi connectivity index (χ0) is 16.8. The molecule has 1 unspecified atom stereocenters. The molecule has 0 heterocycles. The first-order valence-corrected chi connectivity index (χ1v) is 7.40. The van der Waals surface area contributed by atoms with Crippen molar-refractivity contribution in [3.8, 4) is 11.5 Å². The third-order valence-electron chi connectivity index (χ3n) is 3.63. The molecule has 4 nitrogen and oxygen atoms in total. The van der Waals surface area contributed by atoms with Gasteiger partial charge in [-0.25, -0.2) is 4.39 Å². The molecule has 0 aliphatic heterocycles. The Bertz CT molecular complexity index is 670. The molecule has 0 saturated heterocycles. The fourth-order valence-corrected chi connectivity index (χ4v) is 2.31. The van der Waals surface area contributed by atoms with E-state index in [1.165, 1.54) is 18.2 Å². The number of halogens is 1. The maximum atomic E-state index is 12.8. The fourth-order valence-electron chi connectivity index (χ4n) is 2.31. The molecule has 2 rings (SSSR count). The van der Waals surface area contributed by atoms with Crippen LogP contribution in [-0.4, -0.2) is 18.1 Å². The maximum absolute atomic E-state index is 12.8. The Hall–Kier alpha value is -2.56. The van der Waals surface area contributed by atoms with E-state index in [-0.39, 0.29) is 23.5 Å². The Morgan fingerprint density at radius 2 is 1.96 bits per heavy atom. The van der Waals surface area contributed by atoms with Gasteiger partial charge in [-0.15, -0.1) is 0 Å². The molecule has 23 heavy (non-hydrogen) atoms. The van der Waals surface area contributed by atoms with Gasteiger partial charge in [0.05, 0.1) is 13.2 Å². The summed E-state index contributed by atoms with van der Waals surface area (Å²) in [5, 5.41) is 12.7. The highest BCUT2D eigenvalue weighted by Crippen LogP contribution is 2.28. The number of nitrogens with one attached hydrogen (secondary N) is 1. The molecule has 1 amide bonds. The standard InChI is InChI=1S/C18H20FNO3/c1-12(16-11-15(23-2)8-9-17(16)21)20-18(22)10-5-13-3-6-14(19)7-4-13/h3-4,6-9,11-12,21H,5,10H2,1-2H3,(H,20,22). The van der Waals surface area contributed by atoms with Crippen molar-refractivity contribution < 1.29 is 19.0 Å². The SMILES string of the molecule is COc1ccc(O)c(C(C)NC(=O)CCc2ccc(F)cc2)c1. The first kappa shape index (κ1) is 16.8. The molecular weight excluding hydrogens is 297 g/mol. The minimum atomic E-state index is -0.342. The van der Waals surface area contributed by atoms with Crippen molar-refractivity contribution in [3.05, 3.63) is 59.4 Å². The van der Waals surface area contributed by atoms with Crippen LogP contribution < -0.4 is 10.1 Å². The van der Waals surface area contributed by atoms with Crippen LogP contribution in [0.25, 0.3) is 0 Å². The van der Waals surface area contributed by atoms with E-state index in [1.54, 1.807) is 38.3 Å². The number of carbonyl (C=O) groups excluding carboxylic acids is 1. The van der Waals surface area contributed by atoms with E-state index in [4.69, 9.17) is 4.74 Å². The van der Waals surface area contributed by atoms with Gasteiger partial charge in [-0.05, 0) is 49.2 Å². The molecular formula is C18H20FNO3. The number of hydrogen-bond acceptors (Lipinski definition) is 3. The van der Waals surface area contributed by atoms with Gasteiger partial charge in [0.15, 0.2) is 0 Å². The zero-order valence-electron chi connectivity index (χ0n) is 13.2. The lowest BCUT2D eigenvalue weighted by atomic mass is 10.1. The summed E-state index contributed by atoms with van der Waals surface area (Å²) in [6.45, 7) is 1.80. The molecule has 1 atom stereocenters. The van der Waals surface area contributed by atoms with Gasteiger partial charge in [0.25, 0.3) is 0 Å². The molecule has 0 aromatic heterocycles. The highest BCUT2D eigenvalue weighted by Gasteiger charge is 2.14. The first-order valence-electron chi connectivity index (χ1n) is 7.40. The van der Waals surface area contributed by atoms with Crippen molar-refractivity contribution in [2.45, 2.75) is 25.8 Å². The summed E-state index contributed by atoms with van der Waals surface area (Å²) in [5.74, 6) is 0.298. The zero-order valence-corrected chi connectivity index (χ0v) is 13.2. The summed E-state index contributed by atoms with van der Waals surface area (Å²) in [6, 6.07) is 10.6. The Morgan fingerprint density at radius 3 is 2.61 bits per heavy atom. The molecule has 2 aromatic rings. The number of amides is 1. The molecule has 122 valence electrons. The van der Waals surface area contributed by atoms with Crippen LogP contribution >= 0.6 is 0 Å². The largest absolute Gasteiger partial charge is 0.508 e. The van der Waals surface area contributed by atoms with Crippen molar-refractivity contribution in [1.82, 2.24) is 5.32 Å². The summed E-state index contributed by atoms with van der Waals surface area (Å²) in [7, 11) is 1.54. The Balaban J connectivity index is 1.93. The van der Waals surface area contributed by atoms with Crippen LogP contribution in [0.5, 0.6) is 11.5 Å². The van der Waals surface area contributed by atoms with E-state index >= 15 is 0 Å². The summed E-state index contributed by atoms with van der Waals surface area (Å²) >= 11 is 0. The minimum Gasteiger partial charge on any atom is -0.508 e. The van der Waals surface area contributed by atoms with Gasteiger partial charge in [-0.2, -0.15) is 0 Å². The number of hydrogen-bond donors (Lipinski definition) is 2. The fraction of sp³-hybridized carbons (Fsp3) is 0.278. The molecule has 0 bridgehead atoms. The molecule has 0 fully saturated rings. The van der Waals surface area contributed by atoms with Crippen LogP contribution in [0.4, 0.5) is 4.39 Å².